The first-order chi connectivity index (χ1) is 8.16. The number of aliphatic hydroxyl groups is 1. The summed E-state index contributed by atoms with van der Waals surface area (Å²) in [5.74, 6) is 0.683. The minimum absolute atomic E-state index is 0.384. The first-order valence-corrected chi connectivity index (χ1v) is 7.88. The average Bonchev–Trinajstić information content (AvgIpc) is 2.74. The van der Waals surface area contributed by atoms with Crippen LogP contribution < -0.4 is 0 Å². The number of aryl methyl sites for hydroxylation is 1. The lowest BCUT2D eigenvalue weighted by molar-refractivity contribution is 0.208. The first-order valence-electron chi connectivity index (χ1n) is 5.28. The minimum atomic E-state index is -0.384. The largest absolute Gasteiger partial charge is 0.387 e. The third-order valence-electron chi connectivity index (χ3n) is 2.32. The molecule has 0 fully saturated rings. The van der Waals surface area contributed by atoms with E-state index in [1.807, 2.05) is 30.3 Å². The van der Waals surface area contributed by atoms with Crippen LogP contribution >= 0.6 is 39.0 Å². The zero-order chi connectivity index (χ0) is 12.3. The molecule has 1 N–H and O–H groups in total. The van der Waals surface area contributed by atoms with Crippen LogP contribution in [0.1, 0.15) is 15.9 Å². The molecule has 90 valence electrons. The molecule has 0 aliphatic carbocycles. The summed E-state index contributed by atoms with van der Waals surface area (Å²) in [6, 6.07) is 12.1. The van der Waals surface area contributed by atoms with Crippen LogP contribution in [0.3, 0.4) is 0 Å². The molecule has 0 bridgehead atoms. The third-order valence-corrected chi connectivity index (χ3v) is 5.53. The quantitative estimate of drug-likeness (QED) is 0.824. The van der Waals surface area contributed by atoms with Crippen molar-refractivity contribution in [1.82, 2.24) is 0 Å². The zero-order valence-electron chi connectivity index (χ0n) is 9.39. The van der Waals surface area contributed by atoms with Gasteiger partial charge in [-0.15, -0.1) is 23.1 Å². The van der Waals surface area contributed by atoms with Crippen molar-refractivity contribution >= 4 is 39.0 Å². The second kappa shape index (κ2) is 6.05. The van der Waals surface area contributed by atoms with Crippen molar-refractivity contribution in [2.24, 2.45) is 0 Å². The van der Waals surface area contributed by atoms with Crippen molar-refractivity contribution in [2.75, 3.05) is 5.75 Å². The molecule has 1 aromatic heterocycles. The summed E-state index contributed by atoms with van der Waals surface area (Å²) in [7, 11) is 0. The number of thiophene rings is 1. The molecule has 2 aromatic rings. The van der Waals surface area contributed by atoms with Gasteiger partial charge < -0.3 is 5.11 Å². The van der Waals surface area contributed by atoms with Gasteiger partial charge in [-0.2, -0.15) is 0 Å². The van der Waals surface area contributed by atoms with Crippen LogP contribution in [0.25, 0.3) is 0 Å². The summed E-state index contributed by atoms with van der Waals surface area (Å²) in [5, 5.41) is 10.1. The molecule has 0 saturated carbocycles. The van der Waals surface area contributed by atoms with Gasteiger partial charge in [-0.05, 0) is 47.1 Å². The summed E-state index contributed by atoms with van der Waals surface area (Å²) in [6.07, 6.45) is -0.384. The molecule has 1 atom stereocenters. The van der Waals surface area contributed by atoms with Gasteiger partial charge in [-0.1, -0.05) is 12.1 Å². The smallest absolute Gasteiger partial charge is 0.0975 e. The number of benzene rings is 1. The summed E-state index contributed by atoms with van der Waals surface area (Å²) >= 11 is 6.84. The van der Waals surface area contributed by atoms with Gasteiger partial charge in [-0.25, -0.2) is 0 Å². The highest BCUT2D eigenvalue weighted by atomic mass is 79.9. The predicted octanol–water partition coefficient (Wildman–Crippen LogP) is 4.64. The van der Waals surface area contributed by atoms with Gasteiger partial charge in [0, 0.05) is 24.9 Å². The Kier molecular flexibility index (Phi) is 4.68. The molecule has 17 heavy (non-hydrogen) atoms. The monoisotopic (exact) mass is 328 g/mol. The molecular formula is C13H13BrOS2. The maximum atomic E-state index is 10.1. The second-order valence-corrected chi connectivity index (χ2v) is 6.94. The molecule has 0 aliphatic heterocycles. The molecule has 0 radical (unpaired) electrons. The predicted molar refractivity (Wildman–Crippen MR) is 78.9 cm³/mol. The lowest BCUT2D eigenvalue weighted by atomic mass is 10.3. The first kappa shape index (κ1) is 13.1. The average molecular weight is 329 g/mol. The number of aliphatic hydroxyl groups excluding tert-OH is 1. The summed E-state index contributed by atoms with van der Waals surface area (Å²) in [6.45, 7) is 2.06. The van der Waals surface area contributed by atoms with Crippen LogP contribution in [0.2, 0.25) is 0 Å². The molecule has 0 spiro atoms. The van der Waals surface area contributed by atoms with Gasteiger partial charge >= 0.3 is 0 Å². The fraction of sp³-hybridized carbons (Fsp3) is 0.231. The van der Waals surface area contributed by atoms with E-state index in [4.69, 9.17) is 0 Å². The second-order valence-electron chi connectivity index (χ2n) is 3.71. The van der Waals surface area contributed by atoms with Crippen LogP contribution in [0.5, 0.6) is 0 Å². The third kappa shape index (κ3) is 3.58. The molecule has 0 amide bonds. The molecule has 1 aromatic carbocycles. The summed E-state index contributed by atoms with van der Waals surface area (Å²) in [5.41, 5.74) is 0. The van der Waals surface area contributed by atoms with Crippen LogP contribution in [-0.2, 0) is 0 Å². The van der Waals surface area contributed by atoms with E-state index in [2.05, 4.69) is 28.9 Å². The van der Waals surface area contributed by atoms with E-state index in [1.165, 1.54) is 9.77 Å². The van der Waals surface area contributed by atoms with E-state index < -0.39 is 0 Å². The van der Waals surface area contributed by atoms with E-state index in [0.29, 0.717) is 5.75 Å². The van der Waals surface area contributed by atoms with Gasteiger partial charge in [0.1, 0.15) is 0 Å². The minimum Gasteiger partial charge on any atom is -0.387 e. The fourth-order valence-corrected chi connectivity index (χ4v) is 3.94. The Labute approximate surface area is 118 Å². The number of halogens is 1. The van der Waals surface area contributed by atoms with E-state index >= 15 is 0 Å². The molecule has 1 unspecified atom stereocenters. The molecule has 2 rings (SSSR count). The Morgan fingerprint density at radius 3 is 2.71 bits per heavy atom. The van der Waals surface area contributed by atoms with Gasteiger partial charge in [0.25, 0.3) is 0 Å². The van der Waals surface area contributed by atoms with E-state index in [1.54, 1.807) is 23.1 Å². The lowest BCUT2D eigenvalue weighted by Crippen LogP contribution is -1.97. The molecule has 1 nitrogen and oxygen atoms in total. The van der Waals surface area contributed by atoms with Gasteiger partial charge in [0.2, 0.25) is 0 Å². The molecule has 4 heteroatoms. The summed E-state index contributed by atoms with van der Waals surface area (Å²) < 4.78 is 1.08. The Balaban J connectivity index is 1.97. The van der Waals surface area contributed by atoms with Gasteiger partial charge in [0.05, 0.1) is 6.10 Å². The van der Waals surface area contributed by atoms with Crippen LogP contribution in [-0.4, -0.2) is 10.9 Å². The molecule has 0 saturated heterocycles. The van der Waals surface area contributed by atoms with Crippen molar-refractivity contribution in [1.29, 1.82) is 0 Å². The number of hydrogen-bond donors (Lipinski definition) is 1. The van der Waals surface area contributed by atoms with Crippen molar-refractivity contribution in [3.05, 3.63) is 50.6 Å². The number of hydrogen-bond acceptors (Lipinski definition) is 3. The number of thioether (sulfide) groups is 1. The number of rotatable bonds is 4. The van der Waals surface area contributed by atoms with Crippen molar-refractivity contribution in [2.45, 2.75) is 17.9 Å². The van der Waals surface area contributed by atoms with Crippen LogP contribution in [0.15, 0.2) is 45.8 Å². The Bertz CT molecular complexity index is 496. The van der Waals surface area contributed by atoms with E-state index in [-0.39, 0.29) is 6.10 Å². The molecular weight excluding hydrogens is 316 g/mol. The SMILES string of the molecule is Cc1ccc(C(O)CSc2ccccc2Br)s1. The molecule has 1 heterocycles. The van der Waals surface area contributed by atoms with Crippen LogP contribution in [0.4, 0.5) is 0 Å². The standard InChI is InChI=1S/C13H13BrOS2/c1-9-6-7-13(17-9)11(15)8-16-12-5-3-2-4-10(12)14/h2-7,11,15H,8H2,1H3. The topological polar surface area (TPSA) is 20.2 Å². The maximum absolute atomic E-state index is 10.1. The zero-order valence-corrected chi connectivity index (χ0v) is 12.6. The Morgan fingerprint density at radius 1 is 1.29 bits per heavy atom. The highest BCUT2D eigenvalue weighted by molar-refractivity contribution is 9.10. The lowest BCUT2D eigenvalue weighted by Gasteiger charge is -2.09. The Morgan fingerprint density at radius 2 is 2.06 bits per heavy atom. The van der Waals surface area contributed by atoms with Crippen molar-refractivity contribution < 1.29 is 5.11 Å². The van der Waals surface area contributed by atoms with E-state index in [0.717, 1.165) is 9.35 Å². The highest BCUT2D eigenvalue weighted by Crippen LogP contribution is 2.32. The fourth-order valence-electron chi connectivity index (χ4n) is 1.45. The maximum Gasteiger partial charge on any atom is 0.0975 e. The van der Waals surface area contributed by atoms with Gasteiger partial charge in [-0.3, -0.25) is 0 Å². The normalized spacial score (nSPS) is 12.6. The van der Waals surface area contributed by atoms with Gasteiger partial charge in [0.15, 0.2) is 0 Å². The van der Waals surface area contributed by atoms with Crippen molar-refractivity contribution in [3.8, 4) is 0 Å². The van der Waals surface area contributed by atoms with Crippen LogP contribution in [0, 0.1) is 6.92 Å². The Hall–Kier alpha value is -0.290. The highest BCUT2D eigenvalue weighted by Gasteiger charge is 2.11. The van der Waals surface area contributed by atoms with E-state index in [9.17, 15) is 5.11 Å². The van der Waals surface area contributed by atoms with Crippen molar-refractivity contribution in [3.63, 3.8) is 0 Å². The summed E-state index contributed by atoms with van der Waals surface area (Å²) in [4.78, 5) is 3.45. The molecule has 0 aliphatic rings.